The topological polar surface area (TPSA) is 89.3 Å². The van der Waals surface area contributed by atoms with Crippen LogP contribution in [-0.4, -0.2) is 29.7 Å². The van der Waals surface area contributed by atoms with E-state index in [0.717, 1.165) is 16.8 Å². The maximum Gasteiger partial charge on any atom is 0.258 e. The van der Waals surface area contributed by atoms with Gasteiger partial charge in [0, 0.05) is 5.56 Å². The Bertz CT molecular complexity index is 920. The van der Waals surface area contributed by atoms with E-state index in [4.69, 9.17) is 9.26 Å². The Labute approximate surface area is 137 Å². The van der Waals surface area contributed by atoms with Gasteiger partial charge in [-0.25, -0.2) is 0 Å². The number of hydrogen-bond donors (Lipinski definition) is 2. The molecule has 0 aliphatic carbocycles. The highest BCUT2D eigenvalue weighted by atomic mass is 16.5. The lowest BCUT2D eigenvalue weighted by atomic mass is 10.1. The zero-order valence-corrected chi connectivity index (χ0v) is 12.9. The SMILES string of the molecule is COc1ccccc1-c1noc(-c2ccc3c(c2)NC(=O)CN3)n1. The second kappa shape index (κ2) is 5.69. The number of rotatable bonds is 3. The third kappa shape index (κ3) is 2.45. The number of anilines is 2. The summed E-state index contributed by atoms with van der Waals surface area (Å²) in [6.45, 7) is 0.269. The van der Waals surface area contributed by atoms with Crippen molar-refractivity contribution in [2.75, 3.05) is 24.3 Å². The van der Waals surface area contributed by atoms with Gasteiger partial charge in [-0.2, -0.15) is 4.98 Å². The molecule has 0 saturated carbocycles. The third-order valence-corrected chi connectivity index (χ3v) is 3.75. The number of carbonyl (C=O) groups is 1. The van der Waals surface area contributed by atoms with Crippen LogP contribution in [0.3, 0.4) is 0 Å². The number of carbonyl (C=O) groups excluding carboxylic acids is 1. The van der Waals surface area contributed by atoms with Crippen molar-refractivity contribution in [3.05, 3.63) is 42.5 Å². The molecular formula is C17H14N4O3. The molecule has 1 aromatic heterocycles. The minimum absolute atomic E-state index is 0.0834. The minimum Gasteiger partial charge on any atom is -0.496 e. The lowest BCUT2D eigenvalue weighted by molar-refractivity contribution is -0.114. The number of amides is 1. The zero-order chi connectivity index (χ0) is 16.5. The molecule has 2 N–H and O–H groups in total. The molecule has 24 heavy (non-hydrogen) atoms. The molecule has 2 aromatic carbocycles. The van der Waals surface area contributed by atoms with Gasteiger partial charge in [-0.1, -0.05) is 17.3 Å². The first-order chi connectivity index (χ1) is 11.7. The molecule has 0 atom stereocenters. The summed E-state index contributed by atoms with van der Waals surface area (Å²) < 4.78 is 10.7. The molecule has 0 radical (unpaired) electrons. The fraction of sp³-hybridized carbons (Fsp3) is 0.118. The second-order valence-corrected chi connectivity index (χ2v) is 5.29. The molecule has 1 amide bonds. The highest BCUT2D eigenvalue weighted by Gasteiger charge is 2.18. The Hall–Kier alpha value is -3.35. The van der Waals surface area contributed by atoms with Crippen LogP contribution in [0.15, 0.2) is 47.0 Å². The Morgan fingerprint density at radius 2 is 2.04 bits per heavy atom. The molecule has 0 unspecified atom stereocenters. The third-order valence-electron chi connectivity index (χ3n) is 3.75. The van der Waals surface area contributed by atoms with Gasteiger partial charge in [0.25, 0.3) is 5.89 Å². The molecular weight excluding hydrogens is 308 g/mol. The molecule has 0 bridgehead atoms. The van der Waals surface area contributed by atoms with E-state index < -0.39 is 0 Å². The zero-order valence-electron chi connectivity index (χ0n) is 12.9. The van der Waals surface area contributed by atoms with E-state index in [1.54, 1.807) is 13.2 Å². The van der Waals surface area contributed by atoms with Crippen LogP contribution in [0.25, 0.3) is 22.8 Å². The summed E-state index contributed by atoms with van der Waals surface area (Å²) in [6, 6.07) is 13.0. The van der Waals surface area contributed by atoms with E-state index in [1.807, 2.05) is 36.4 Å². The standard InChI is InChI=1S/C17H14N4O3/c1-23-14-5-3-2-4-11(14)16-20-17(24-21-16)10-6-7-12-13(8-10)19-15(22)9-18-12/h2-8,18H,9H2,1H3,(H,19,22). The molecule has 120 valence electrons. The molecule has 2 heterocycles. The largest absolute Gasteiger partial charge is 0.496 e. The van der Waals surface area contributed by atoms with E-state index in [2.05, 4.69) is 20.8 Å². The van der Waals surface area contributed by atoms with Crippen molar-refractivity contribution in [2.45, 2.75) is 0 Å². The number of benzene rings is 2. The van der Waals surface area contributed by atoms with Crippen molar-refractivity contribution < 1.29 is 14.1 Å². The van der Waals surface area contributed by atoms with E-state index in [0.29, 0.717) is 23.2 Å². The first-order valence-electron chi connectivity index (χ1n) is 7.40. The van der Waals surface area contributed by atoms with Crippen LogP contribution >= 0.6 is 0 Å². The summed E-state index contributed by atoms with van der Waals surface area (Å²) in [6.07, 6.45) is 0. The van der Waals surface area contributed by atoms with Crippen molar-refractivity contribution in [2.24, 2.45) is 0 Å². The second-order valence-electron chi connectivity index (χ2n) is 5.29. The average molecular weight is 322 g/mol. The lowest BCUT2D eigenvalue weighted by Crippen LogP contribution is -2.27. The summed E-state index contributed by atoms with van der Waals surface area (Å²) in [7, 11) is 1.60. The molecule has 1 aliphatic rings. The van der Waals surface area contributed by atoms with Gasteiger partial charge in [-0.05, 0) is 30.3 Å². The molecule has 7 heteroatoms. The minimum atomic E-state index is -0.0834. The van der Waals surface area contributed by atoms with Gasteiger partial charge in [-0.15, -0.1) is 0 Å². The van der Waals surface area contributed by atoms with Crippen molar-refractivity contribution in [3.8, 4) is 28.6 Å². The van der Waals surface area contributed by atoms with Crippen molar-refractivity contribution in [1.29, 1.82) is 0 Å². The van der Waals surface area contributed by atoms with Gasteiger partial charge < -0.3 is 19.9 Å². The van der Waals surface area contributed by atoms with E-state index in [-0.39, 0.29) is 12.5 Å². The molecule has 0 fully saturated rings. The molecule has 1 aliphatic heterocycles. The summed E-state index contributed by atoms with van der Waals surface area (Å²) in [4.78, 5) is 15.9. The maximum absolute atomic E-state index is 11.5. The van der Waals surface area contributed by atoms with Crippen molar-refractivity contribution >= 4 is 17.3 Å². The van der Waals surface area contributed by atoms with Gasteiger partial charge in [0.15, 0.2) is 0 Å². The number of nitrogens with zero attached hydrogens (tertiary/aromatic N) is 2. The lowest BCUT2D eigenvalue weighted by Gasteiger charge is -2.18. The quantitative estimate of drug-likeness (QED) is 0.771. The molecule has 0 saturated heterocycles. The number of methoxy groups -OCH3 is 1. The number of hydrogen-bond acceptors (Lipinski definition) is 6. The first kappa shape index (κ1) is 14.3. The number of fused-ring (bicyclic) bond motifs is 1. The first-order valence-corrected chi connectivity index (χ1v) is 7.40. The van der Waals surface area contributed by atoms with E-state index in [1.165, 1.54) is 0 Å². The van der Waals surface area contributed by atoms with E-state index in [9.17, 15) is 4.79 Å². The monoisotopic (exact) mass is 322 g/mol. The van der Waals surface area contributed by atoms with Crippen molar-refractivity contribution in [3.63, 3.8) is 0 Å². The van der Waals surface area contributed by atoms with Gasteiger partial charge >= 0.3 is 0 Å². The summed E-state index contributed by atoms with van der Waals surface area (Å²) in [5.74, 6) is 1.41. The fourth-order valence-corrected chi connectivity index (χ4v) is 2.58. The predicted octanol–water partition coefficient (Wildman–Crippen LogP) is 2.78. The van der Waals surface area contributed by atoms with Gasteiger partial charge in [0.05, 0.1) is 30.6 Å². The molecule has 0 spiro atoms. The number of ether oxygens (including phenoxy) is 1. The van der Waals surface area contributed by atoms with Gasteiger partial charge in [0.2, 0.25) is 11.7 Å². The van der Waals surface area contributed by atoms with Crippen LogP contribution in [0.2, 0.25) is 0 Å². The van der Waals surface area contributed by atoms with Crippen molar-refractivity contribution in [1.82, 2.24) is 10.1 Å². The molecule has 4 rings (SSSR count). The van der Waals surface area contributed by atoms with Crippen LogP contribution in [0.1, 0.15) is 0 Å². The summed E-state index contributed by atoms with van der Waals surface area (Å²) >= 11 is 0. The Balaban J connectivity index is 1.70. The maximum atomic E-state index is 11.5. The van der Waals surface area contributed by atoms with Crippen LogP contribution < -0.4 is 15.4 Å². The predicted molar refractivity (Wildman–Crippen MR) is 88.8 cm³/mol. The van der Waals surface area contributed by atoms with Crippen LogP contribution in [0.4, 0.5) is 11.4 Å². The molecule has 3 aromatic rings. The van der Waals surface area contributed by atoms with Crippen LogP contribution in [0.5, 0.6) is 5.75 Å². The fourth-order valence-electron chi connectivity index (χ4n) is 2.58. The highest BCUT2D eigenvalue weighted by molar-refractivity contribution is 6.01. The summed E-state index contributed by atoms with van der Waals surface area (Å²) in [5, 5.41) is 9.89. The number of aromatic nitrogens is 2. The number of para-hydroxylation sites is 1. The molecule has 7 nitrogen and oxygen atoms in total. The Kier molecular flexibility index (Phi) is 3.38. The highest BCUT2D eigenvalue weighted by Crippen LogP contribution is 2.32. The van der Waals surface area contributed by atoms with Gasteiger partial charge in [-0.3, -0.25) is 4.79 Å². The average Bonchev–Trinajstić information content (AvgIpc) is 3.11. The van der Waals surface area contributed by atoms with Gasteiger partial charge in [0.1, 0.15) is 5.75 Å². The smallest absolute Gasteiger partial charge is 0.258 e. The number of nitrogens with one attached hydrogen (secondary N) is 2. The van der Waals surface area contributed by atoms with Crippen LogP contribution in [0, 0.1) is 0 Å². The Morgan fingerprint density at radius 1 is 1.17 bits per heavy atom. The van der Waals surface area contributed by atoms with Crippen LogP contribution in [-0.2, 0) is 4.79 Å². The Morgan fingerprint density at radius 3 is 2.92 bits per heavy atom. The normalized spacial score (nSPS) is 13.0. The summed E-state index contributed by atoms with van der Waals surface area (Å²) in [5.41, 5.74) is 3.04. The van der Waals surface area contributed by atoms with E-state index >= 15 is 0 Å².